The summed E-state index contributed by atoms with van der Waals surface area (Å²) in [4.78, 5) is 2.38. The molecule has 0 aromatic heterocycles. The maximum atomic E-state index is 6.09. The van der Waals surface area contributed by atoms with Crippen LogP contribution in [0.15, 0.2) is 66.7 Å². The van der Waals surface area contributed by atoms with Crippen molar-refractivity contribution in [1.82, 2.24) is 4.90 Å². The van der Waals surface area contributed by atoms with Gasteiger partial charge in [-0.25, -0.2) is 0 Å². The van der Waals surface area contributed by atoms with Crippen molar-refractivity contribution in [1.29, 1.82) is 0 Å². The van der Waals surface area contributed by atoms with E-state index in [0.717, 1.165) is 64.9 Å². The Hall–Kier alpha value is -3.44. The van der Waals surface area contributed by atoms with Gasteiger partial charge in [0.15, 0.2) is 11.5 Å². The first kappa shape index (κ1) is 21.8. The lowest BCUT2D eigenvalue weighted by Gasteiger charge is -2.18. The Morgan fingerprint density at radius 2 is 1.53 bits per heavy atom. The maximum Gasteiger partial charge on any atom is 0.165 e. The molecule has 0 N–H and O–H groups in total. The van der Waals surface area contributed by atoms with E-state index in [4.69, 9.17) is 18.9 Å². The maximum absolute atomic E-state index is 6.09. The van der Waals surface area contributed by atoms with Crippen molar-refractivity contribution in [2.24, 2.45) is 0 Å². The molecule has 3 aromatic carbocycles. The van der Waals surface area contributed by atoms with Crippen LogP contribution < -0.4 is 18.9 Å². The summed E-state index contributed by atoms with van der Waals surface area (Å²) in [7, 11) is 5.05. The standard InChI is InChI=1S/C27H29NO4/c1-29-24-10-6-20(7-11-24)5-4-14-28-15-16-32-27-23(19-28)17-22(18-26(27)31-3)21-8-12-25(30-2)13-9-21/h4-13,17-18H,14-16,19H2,1-3H3/b5-4+. The van der Waals surface area contributed by atoms with Crippen LogP contribution in [-0.4, -0.2) is 45.9 Å². The van der Waals surface area contributed by atoms with E-state index < -0.39 is 0 Å². The molecule has 0 saturated carbocycles. The molecule has 0 amide bonds. The number of rotatable bonds is 7. The topological polar surface area (TPSA) is 40.2 Å². The van der Waals surface area contributed by atoms with Crippen molar-refractivity contribution in [2.45, 2.75) is 6.54 Å². The molecule has 5 nitrogen and oxygen atoms in total. The summed E-state index contributed by atoms with van der Waals surface area (Å²) in [6, 6.07) is 20.4. The average molecular weight is 432 g/mol. The predicted octanol–water partition coefficient (Wildman–Crippen LogP) is 5.29. The Kier molecular flexibility index (Phi) is 6.97. The van der Waals surface area contributed by atoms with E-state index in [0.29, 0.717) is 6.61 Å². The third-order valence-corrected chi connectivity index (χ3v) is 5.61. The second-order valence-electron chi connectivity index (χ2n) is 7.65. The summed E-state index contributed by atoms with van der Waals surface area (Å²) < 4.78 is 22.3. The van der Waals surface area contributed by atoms with Crippen LogP contribution in [0, 0.1) is 0 Å². The van der Waals surface area contributed by atoms with Crippen LogP contribution >= 0.6 is 0 Å². The van der Waals surface area contributed by atoms with Crippen molar-refractivity contribution in [3.8, 4) is 34.1 Å². The van der Waals surface area contributed by atoms with Crippen molar-refractivity contribution < 1.29 is 18.9 Å². The van der Waals surface area contributed by atoms with Gasteiger partial charge in [-0.3, -0.25) is 4.90 Å². The molecule has 5 heteroatoms. The average Bonchev–Trinajstić information content (AvgIpc) is 3.06. The third-order valence-electron chi connectivity index (χ3n) is 5.61. The first-order valence-corrected chi connectivity index (χ1v) is 10.7. The zero-order valence-electron chi connectivity index (χ0n) is 18.8. The molecule has 0 spiro atoms. The lowest BCUT2D eigenvalue weighted by molar-refractivity contribution is 0.238. The normalized spacial score (nSPS) is 13.8. The monoisotopic (exact) mass is 431 g/mol. The number of benzene rings is 3. The highest BCUT2D eigenvalue weighted by Crippen LogP contribution is 2.38. The van der Waals surface area contributed by atoms with Gasteiger partial charge in [-0.2, -0.15) is 0 Å². The molecule has 0 bridgehead atoms. The second-order valence-corrected chi connectivity index (χ2v) is 7.65. The Bertz CT molecular complexity index is 1060. The fourth-order valence-corrected chi connectivity index (χ4v) is 3.85. The number of hydrogen-bond acceptors (Lipinski definition) is 5. The van der Waals surface area contributed by atoms with Gasteiger partial charge in [0.2, 0.25) is 0 Å². The molecule has 3 aromatic rings. The molecule has 0 unspecified atom stereocenters. The van der Waals surface area contributed by atoms with Crippen LogP contribution in [0.2, 0.25) is 0 Å². The van der Waals surface area contributed by atoms with Gasteiger partial charge in [0.25, 0.3) is 0 Å². The summed E-state index contributed by atoms with van der Waals surface area (Å²) in [5.74, 6) is 3.31. The predicted molar refractivity (Wildman–Crippen MR) is 128 cm³/mol. The molecular weight excluding hydrogens is 402 g/mol. The van der Waals surface area contributed by atoms with Gasteiger partial charge in [-0.15, -0.1) is 0 Å². The van der Waals surface area contributed by atoms with E-state index in [-0.39, 0.29) is 0 Å². The number of methoxy groups -OCH3 is 3. The van der Waals surface area contributed by atoms with Gasteiger partial charge in [0, 0.05) is 25.2 Å². The first-order chi connectivity index (χ1) is 15.7. The lowest BCUT2D eigenvalue weighted by Crippen LogP contribution is -2.25. The molecule has 0 radical (unpaired) electrons. The second kappa shape index (κ2) is 10.2. The van der Waals surface area contributed by atoms with Crippen LogP contribution in [0.4, 0.5) is 0 Å². The number of fused-ring (bicyclic) bond motifs is 1. The Morgan fingerprint density at radius 1 is 0.844 bits per heavy atom. The molecule has 0 saturated heterocycles. The summed E-state index contributed by atoms with van der Waals surface area (Å²) in [6.45, 7) is 3.11. The Morgan fingerprint density at radius 3 is 2.19 bits per heavy atom. The number of ether oxygens (including phenoxy) is 4. The van der Waals surface area contributed by atoms with Gasteiger partial charge in [-0.1, -0.05) is 36.4 Å². The highest BCUT2D eigenvalue weighted by Gasteiger charge is 2.20. The van der Waals surface area contributed by atoms with Gasteiger partial charge < -0.3 is 18.9 Å². The van der Waals surface area contributed by atoms with Crippen LogP contribution in [0.3, 0.4) is 0 Å². The molecule has 0 aliphatic carbocycles. The molecule has 32 heavy (non-hydrogen) atoms. The van der Waals surface area contributed by atoms with Gasteiger partial charge in [0.1, 0.15) is 18.1 Å². The Labute approximate surface area is 189 Å². The van der Waals surface area contributed by atoms with Crippen molar-refractivity contribution in [3.63, 3.8) is 0 Å². The summed E-state index contributed by atoms with van der Waals surface area (Å²) in [5, 5.41) is 0. The van der Waals surface area contributed by atoms with Crippen molar-refractivity contribution in [3.05, 3.63) is 77.9 Å². The van der Waals surface area contributed by atoms with Crippen LogP contribution in [0.5, 0.6) is 23.0 Å². The molecule has 0 atom stereocenters. The largest absolute Gasteiger partial charge is 0.497 e. The molecule has 1 heterocycles. The fourth-order valence-electron chi connectivity index (χ4n) is 3.85. The molecule has 4 rings (SSSR count). The van der Waals surface area contributed by atoms with Crippen molar-refractivity contribution in [2.75, 3.05) is 41.0 Å². The number of nitrogens with zero attached hydrogens (tertiary/aromatic N) is 1. The number of hydrogen-bond donors (Lipinski definition) is 0. The molecule has 0 fully saturated rings. The zero-order chi connectivity index (χ0) is 22.3. The van der Waals surface area contributed by atoms with Crippen LogP contribution in [0.25, 0.3) is 17.2 Å². The SMILES string of the molecule is COc1ccc(/C=C/CN2CCOc3c(cc(-c4ccc(OC)cc4)cc3OC)C2)cc1. The van der Waals surface area contributed by atoms with E-state index >= 15 is 0 Å². The van der Waals surface area contributed by atoms with Gasteiger partial charge in [-0.05, 0) is 53.1 Å². The van der Waals surface area contributed by atoms with Crippen molar-refractivity contribution >= 4 is 6.08 Å². The van der Waals surface area contributed by atoms with E-state index in [9.17, 15) is 0 Å². The van der Waals surface area contributed by atoms with Crippen LogP contribution in [-0.2, 0) is 6.54 Å². The summed E-state index contributed by atoms with van der Waals surface area (Å²) >= 11 is 0. The minimum atomic E-state index is 0.627. The summed E-state index contributed by atoms with van der Waals surface area (Å²) in [6.07, 6.45) is 4.33. The third kappa shape index (κ3) is 5.06. The quantitative estimate of drug-likeness (QED) is 0.509. The molecule has 166 valence electrons. The van der Waals surface area contributed by atoms with E-state index in [2.05, 4.69) is 47.4 Å². The molecular formula is C27H29NO4. The highest BCUT2D eigenvalue weighted by molar-refractivity contribution is 5.70. The first-order valence-electron chi connectivity index (χ1n) is 10.7. The minimum absolute atomic E-state index is 0.627. The van der Waals surface area contributed by atoms with Gasteiger partial charge in [0.05, 0.1) is 21.3 Å². The molecule has 1 aliphatic rings. The Balaban J connectivity index is 1.53. The summed E-state index contributed by atoms with van der Waals surface area (Å²) in [5.41, 5.74) is 4.50. The van der Waals surface area contributed by atoms with Gasteiger partial charge >= 0.3 is 0 Å². The lowest BCUT2D eigenvalue weighted by atomic mass is 10.0. The van der Waals surface area contributed by atoms with E-state index in [1.54, 1.807) is 21.3 Å². The molecule has 1 aliphatic heterocycles. The van der Waals surface area contributed by atoms with E-state index in [1.165, 1.54) is 0 Å². The zero-order valence-corrected chi connectivity index (χ0v) is 18.8. The smallest absolute Gasteiger partial charge is 0.165 e. The fraction of sp³-hybridized carbons (Fsp3) is 0.259. The highest BCUT2D eigenvalue weighted by atomic mass is 16.5. The minimum Gasteiger partial charge on any atom is -0.497 e. The van der Waals surface area contributed by atoms with E-state index in [1.807, 2.05) is 30.3 Å². The van der Waals surface area contributed by atoms with Crippen LogP contribution in [0.1, 0.15) is 11.1 Å².